The third-order valence-electron chi connectivity index (χ3n) is 3.14. The lowest BCUT2D eigenvalue weighted by Crippen LogP contribution is -2.07. The molecule has 4 nitrogen and oxygen atoms in total. The number of rotatable bonds is 7. The SMILES string of the molecule is CCCOc1ccc(NC(=O)C=Cc2ccc(OC)cc2)cc1. The Morgan fingerprint density at radius 1 is 1.04 bits per heavy atom. The molecule has 0 bridgehead atoms. The van der Waals surface area contributed by atoms with Gasteiger partial charge in [0.1, 0.15) is 11.5 Å². The molecule has 0 aromatic heterocycles. The number of carbonyl (C=O) groups excluding carboxylic acids is 1. The van der Waals surface area contributed by atoms with E-state index in [2.05, 4.69) is 12.2 Å². The summed E-state index contributed by atoms with van der Waals surface area (Å²) in [5.41, 5.74) is 1.67. The van der Waals surface area contributed by atoms with Crippen LogP contribution in [0.2, 0.25) is 0 Å². The first kappa shape index (κ1) is 16.6. The Morgan fingerprint density at radius 3 is 2.30 bits per heavy atom. The zero-order valence-corrected chi connectivity index (χ0v) is 13.4. The Labute approximate surface area is 136 Å². The monoisotopic (exact) mass is 311 g/mol. The Bertz CT molecular complexity index is 645. The second-order valence-corrected chi connectivity index (χ2v) is 4.97. The molecule has 0 atom stereocenters. The third-order valence-corrected chi connectivity index (χ3v) is 3.14. The second-order valence-electron chi connectivity index (χ2n) is 4.97. The van der Waals surface area contributed by atoms with E-state index in [0.717, 1.165) is 29.2 Å². The number of methoxy groups -OCH3 is 1. The minimum Gasteiger partial charge on any atom is -0.497 e. The van der Waals surface area contributed by atoms with Crippen LogP contribution in [0.1, 0.15) is 18.9 Å². The van der Waals surface area contributed by atoms with Gasteiger partial charge in [0.25, 0.3) is 0 Å². The fraction of sp³-hybridized carbons (Fsp3) is 0.211. The Kier molecular flexibility index (Phi) is 6.24. The van der Waals surface area contributed by atoms with E-state index in [1.54, 1.807) is 13.2 Å². The normalized spacial score (nSPS) is 10.5. The summed E-state index contributed by atoms with van der Waals surface area (Å²) in [7, 11) is 1.62. The smallest absolute Gasteiger partial charge is 0.248 e. The topological polar surface area (TPSA) is 47.6 Å². The lowest BCUT2D eigenvalue weighted by molar-refractivity contribution is -0.111. The number of hydrogen-bond donors (Lipinski definition) is 1. The number of anilines is 1. The summed E-state index contributed by atoms with van der Waals surface area (Å²) < 4.78 is 10.6. The van der Waals surface area contributed by atoms with Gasteiger partial charge in [-0.3, -0.25) is 4.79 Å². The third kappa shape index (κ3) is 5.51. The molecule has 0 fully saturated rings. The molecule has 0 aliphatic heterocycles. The molecular weight excluding hydrogens is 290 g/mol. The van der Waals surface area contributed by atoms with E-state index in [4.69, 9.17) is 9.47 Å². The van der Waals surface area contributed by atoms with Crippen LogP contribution in [-0.4, -0.2) is 19.6 Å². The van der Waals surface area contributed by atoms with Gasteiger partial charge >= 0.3 is 0 Å². The molecule has 4 heteroatoms. The van der Waals surface area contributed by atoms with Crippen molar-refractivity contribution in [3.63, 3.8) is 0 Å². The van der Waals surface area contributed by atoms with Crippen molar-refractivity contribution >= 4 is 17.7 Å². The van der Waals surface area contributed by atoms with Crippen LogP contribution in [0.4, 0.5) is 5.69 Å². The van der Waals surface area contributed by atoms with Crippen molar-refractivity contribution in [1.82, 2.24) is 0 Å². The molecule has 1 amide bonds. The number of amides is 1. The van der Waals surface area contributed by atoms with Gasteiger partial charge in [-0.15, -0.1) is 0 Å². The van der Waals surface area contributed by atoms with Crippen molar-refractivity contribution < 1.29 is 14.3 Å². The van der Waals surface area contributed by atoms with E-state index in [1.165, 1.54) is 6.08 Å². The molecule has 120 valence electrons. The summed E-state index contributed by atoms with van der Waals surface area (Å²) in [6.07, 6.45) is 4.23. The highest BCUT2D eigenvalue weighted by atomic mass is 16.5. The molecule has 2 rings (SSSR count). The van der Waals surface area contributed by atoms with Crippen LogP contribution in [0.5, 0.6) is 11.5 Å². The first-order chi connectivity index (χ1) is 11.2. The minimum absolute atomic E-state index is 0.178. The van der Waals surface area contributed by atoms with E-state index in [1.807, 2.05) is 48.5 Å². The van der Waals surface area contributed by atoms with Gasteiger partial charge in [-0.25, -0.2) is 0 Å². The average molecular weight is 311 g/mol. The van der Waals surface area contributed by atoms with Gasteiger partial charge in [-0.2, -0.15) is 0 Å². The second kappa shape index (κ2) is 8.63. The zero-order chi connectivity index (χ0) is 16.5. The van der Waals surface area contributed by atoms with Crippen LogP contribution in [0.3, 0.4) is 0 Å². The van der Waals surface area contributed by atoms with Gasteiger partial charge in [0.15, 0.2) is 0 Å². The molecule has 23 heavy (non-hydrogen) atoms. The van der Waals surface area contributed by atoms with Crippen LogP contribution < -0.4 is 14.8 Å². The maximum Gasteiger partial charge on any atom is 0.248 e. The molecule has 0 saturated carbocycles. The highest BCUT2D eigenvalue weighted by Gasteiger charge is 1.99. The van der Waals surface area contributed by atoms with Crippen LogP contribution >= 0.6 is 0 Å². The largest absolute Gasteiger partial charge is 0.497 e. The molecule has 0 unspecified atom stereocenters. The van der Waals surface area contributed by atoms with Crippen molar-refractivity contribution in [3.8, 4) is 11.5 Å². The van der Waals surface area contributed by atoms with Gasteiger partial charge in [-0.05, 0) is 54.5 Å². The first-order valence-electron chi connectivity index (χ1n) is 7.57. The van der Waals surface area contributed by atoms with E-state index in [9.17, 15) is 4.79 Å². The summed E-state index contributed by atoms with van der Waals surface area (Å²) in [6, 6.07) is 14.8. The standard InChI is InChI=1S/C19H21NO3/c1-3-14-23-18-11-7-16(8-12-18)20-19(21)13-6-15-4-9-17(22-2)10-5-15/h4-13H,3,14H2,1-2H3,(H,20,21). The molecule has 1 N–H and O–H groups in total. The average Bonchev–Trinajstić information content (AvgIpc) is 2.60. The maximum absolute atomic E-state index is 11.9. The number of benzene rings is 2. The number of carbonyl (C=O) groups is 1. The van der Waals surface area contributed by atoms with Crippen molar-refractivity contribution in [2.24, 2.45) is 0 Å². The molecular formula is C19H21NO3. The summed E-state index contributed by atoms with van der Waals surface area (Å²) in [5, 5.41) is 2.81. The van der Waals surface area contributed by atoms with E-state index in [0.29, 0.717) is 6.61 Å². The molecule has 0 aliphatic rings. The van der Waals surface area contributed by atoms with Crippen molar-refractivity contribution in [2.45, 2.75) is 13.3 Å². The summed E-state index contributed by atoms with van der Waals surface area (Å²) in [6.45, 7) is 2.75. The lowest BCUT2D eigenvalue weighted by Gasteiger charge is -2.06. The van der Waals surface area contributed by atoms with Crippen molar-refractivity contribution in [2.75, 3.05) is 19.0 Å². The van der Waals surface area contributed by atoms with Gasteiger partial charge in [-0.1, -0.05) is 19.1 Å². The van der Waals surface area contributed by atoms with Crippen LogP contribution in [0.15, 0.2) is 54.6 Å². The van der Waals surface area contributed by atoms with Crippen LogP contribution in [-0.2, 0) is 4.79 Å². The minimum atomic E-state index is -0.178. The van der Waals surface area contributed by atoms with E-state index >= 15 is 0 Å². The summed E-state index contributed by atoms with van der Waals surface area (Å²) >= 11 is 0. The Morgan fingerprint density at radius 2 is 1.70 bits per heavy atom. The summed E-state index contributed by atoms with van der Waals surface area (Å²) in [4.78, 5) is 11.9. The van der Waals surface area contributed by atoms with Crippen molar-refractivity contribution in [1.29, 1.82) is 0 Å². The van der Waals surface area contributed by atoms with E-state index < -0.39 is 0 Å². The number of ether oxygens (including phenoxy) is 2. The molecule has 0 aliphatic carbocycles. The molecule has 0 saturated heterocycles. The Hall–Kier alpha value is -2.75. The lowest BCUT2D eigenvalue weighted by atomic mass is 10.2. The first-order valence-corrected chi connectivity index (χ1v) is 7.57. The van der Waals surface area contributed by atoms with Gasteiger partial charge in [0.2, 0.25) is 5.91 Å². The van der Waals surface area contributed by atoms with Crippen LogP contribution in [0, 0.1) is 0 Å². The Balaban J connectivity index is 1.89. The number of nitrogens with one attached hydrogen (secondary N) is 1. The summed E-state index contributed by atoms with van der Waals surface area (Å²) in [5.74, 6) is 1.42. The highest BCUT2D eigenvalue weighted by Crippen LogP contribution is 2.16. The van der Waals surface area contributed by atoms with Crippen LogP contribution in [0.25, 0.3) is 6.08 Å². The van der Waals surface area contributed by atoms with Gasteiger partial charge in [0.05, 0.1) is 13.7 Å². The molecule has 2 aromatic carbocycles. The predicted molar refractivity (Wildman–Crippen MR) is 92.9 cm³/mol. The molecule has 2 aromatic rings. The molecule has 0 heterocycles. The molecule has 0 radical (unpaired) electrons. The fourth-order valence-electron chi connectivity index (χ4n) is 1.93. The van der Waals surface area contributed by atoms with E-state index in [-0.39, 0.29) is 5.91 Å². The molecule has 0 spiro atoms. The zero-order valence-electron chi connectivity index (χ0n) is 13.4. The highest BCUT2D eigenvalue weighted by molar-refractivity contribution is 6.01. The quantitative estimate of drug-likeness (QED) is 0.782. The predicted octanol–water partition coefficient (Wildman–Crippen LogP) is 4.14. The van der Waals surface area contributed by atoms with Crippen molar-refractivity contribution in [3.05, 3.63) is 60.2 Å². The fourth-order valence-corrected chi connectivity index (χ4v) is 1.93. The van der Waals surface area contributed by atoms with Gasteiger partial charge in [0, 0.05) is 11.8 Å². The maximum atomic E-state index is 11.9. The van der Waals surface area contributed by atoms with Gasteiger partial charge < -0.3 is 14.8 Å². The number of hydrogen-bond acceptors (Lipinski definition) is 3.